The molecule has 8 heteroatoms. The smallest absolute Gasteiger partial charge is 0.407 e. The molecule has 0 radical (unpaired) electrons. The van der Waals surface area contributed by atoms with Crippen molar-refractivity contribution in [1.29, 1.82) is 0 Å². The van der Waals surface area contributed by atoms with Crippen LogP contribution in [-0.4, -0.2) is 55.0 Å². The molecule has 3 N–H and O–H groups in total. The number of nitrogens with one attached hydrogen (secondary N) is 2. The predicted molar refractivity (Wildman–Crippen MR) is 121 cm³/mol. The lowest BCUT2D eigenvalue weighted by atomic mass is 9.98. The molecule has 2 amide bonds. The highest BCUT2D eigenvalue weighted by Gasteiger charge is 2.35. The first-order valence-corrected chi connectivity index (χ1v) is 11.2. The molecule has 33 heavy (non-hydrogen) atoms. The van der Waals surface area contributed by atoms with Gasteiger partial charge in [-0.05, 0) is 35.1 Å². The van der Waals surface area contributed by atoms with E-state index in [1.807, 2.05) is 36.4 Å². The van der Waals surface area contributed by atoms with Gasteiger partial charge in [0, 0.05) is 25.0 Å². The maximum Gasteiger partial charge on any atom is 0.407 e. The van der Waals surface area contributed by atoms with Crippen LogP contribution in [0, 0.1) is 5.92 Å². The second-order valence-corrected chi connectivity index (χ2v) is 8.35. The summed E-state index contributed by atoms with van der Waals surface area (Å²) in [4.78, 5) is 36.3. The highest BCUT2D eigenvalue weighted by Crippen LogP contribution is 2.44. The Bertz CT molecular complexity index is 994. The molecule has 2 aliphatic rings. The summed E-state index contributed by atoms with van der Waals surface area (Å²) in [7, 11) is 0. The van der Waals surface area contributed by atoms with Crippen LogP contribution < -0.4 is 10.6 Å². The summed E-state index contributed by atoms with van der Waals surface area (Å²) in [6.45, 7) is 2.48. The fraction of sp³-hybridized carbons (Fsp3) is 0.400. The zero-order valence-corrected chi connectivity index (χ0v) is 18.5. The molecule has 0 spiro atoms. The molecule has 4 rings (SSSR count). The van der Waals surface area contributed by atoms with Crippen LogP contribution in [0.1, 0.15) is 36.8 Å². The molecule has 1 unspecified atom stereocenters. The summed E-state index contributed by atoms with van der Waals surface area (Å²) >= 11 is 0. The summed E-state index contributed by atoms with van der Waals surface area (Å²) in [5.41, 5.74) is 4.51. The number of rotatable bonds is 8. The van der Waals surface area contributed by atoms with Crippen molar-refractivity contribution in [3.8, 4) is 11.1 Å². The summed E-state index contributed by atoms with van der Waals surface area (Å²) in [5.74, 6) is -1.76. The van der Waals surface area contributed by atoms with Crippen molar-refractivity contribution in [3.63, 3.8) is 0 Å². The van der Waals surface area contributed by atoms with Crippen molar-refractivity contribution in [1.82, 2.24) is 10.6 Å². The van der Waals surface area contributed by atoms with Crippen molar-refractivity contribution < 1.29 is 29.0 Å². The largest absolute Gasteiger partial charge is 0.479 e. The normalized spacial score (nSPS) is 19.9. The number of amides is 2. The number of carboxylic acid groups (broad SMARTS) is 1. The lowest BCUT2D eigenvalue weighted by Crippen LogP contribution is -2.48. The van der Waals surface area contributed by atoms with E-state index in [2.05, 4.69) is 22.8 Å². The Kier molecular flexibility index (Phi) is 6.93. The zero-order valence-electron chi connectivity index (χ0n) is 18.5. The first kappa shape index (κ1) is 22.8. The Hall–Kier alpha value is -3.39. The number of carboxylic acids is 1. The van der Waals surface area contributed by atoms with E-state index in [1.54, 1.807) is 6.92 Å². The van der Waals surface area contributed by atoms with Gasteiger partial charge in [0.1, 0.15) is 12.6 Å². The molecule has 1 heterocycles. The van der Waals surface area contributed by atoms with Gasteiger partial charge in [-0.25, -0.2) is 9.59 Å². The van der Waals surface area contributed by atoms with Crippen LogP contribution in [-0.2, 0) is 19.1 Å². The first-order valence-electron chi connectivity index (χ1n) is 11.2. The van der Waals surface area contributed by atoms with Gasteiger partial charge in [-0.1, -0.05) is 55.5 Å². The monoisotopic (exact) mass is 452 g/mol. The third-order valence-electron chi connectivity index (χ3n) is 6.36. The van der Waals surface area contributed by atoms with E-state index in [9.17, 15) is 19.5 Å². The lowest BCUT2D eigenvalue weighted by molar-refractivity contribution is -0.149. The number of ether oxygens (including phenoxy) is 2. The van der Waals surface area contributed by atoms with E-state index in [0.29, 0.717) is 19.4 Å². The predicted octanol–water partition coefficient (Wildman–Crippen LogP) is 2.91. The average molecular weight is 453 g/mol. The van der Waals surface area contributed by atoms with Crippen LogP contribution in [0.2, 0.25) is 0 Å². The zero-order chi connectivity index (χ0) is 23.4. The highest BCUT2D eigenvalue weighted by atomic mass is 16.5. The fourth-order valence-corrected chi connectivity index (χ4v) is 4.61. The topological polar surface area (TPSA) is 114 Å². The number of aliphatic carboxylic acids is 1. The molecule has 1 aliphatic heterocycles. The van der Waals surface area contributed by atoms with Crippen molar-refractivity contribution in [3.05, 3.63) is 59.7 Å². The van der Waals surface area contributed by atoms with Gasteiger partial charge in [0.2, 0.25) is 5.91 Å². The number of hydrogen-bond acceptors (Lipinski definition) is 5. The van der Waals surface area contributed by atoms with Crippen LogP contribution in [0.3, 0.4) is 0 Å². The van der Waals surface area contributed by atoms with E-state index in [0.717, 1.165) is 22.3 Å². The molecular weight excluding hydrogens is 424 g/mol. The molecule has 0 bridgehead atoms. The summed E-state index contributed by atoms with van der Waals surface area (Å²) < 4.78 is 10.7. The maximum absolute atomic E-state index is 12.6. The summed E-state index contributed by atoms with van der Waals surface area (Å²) in [5, 5.41) is 14.5. The number of alkyl carbamates (subject to hydrolysis) is 1. The molecule has 1 saturated heterocycles. The summed E-state index contributed by atoms with van der Waals surface area (Å²) in [6.07, 6.45) is -0.639. The molecule has 0 saturated carbocycles. The lowest BCUT2D eigenvalue weighted by Gasteiger charge is -2.20. The molecule has 1 aliphatic carbocycles. The van der Waals surface area contributed by atoms with Gasteiger partial charge in [0.05, 0.1) is 0 Å². The van der Waals surface area contributed by atoms with E-state index in [1.165, 1.54) is 0 Å². The molecular formula is C25H28N2O6. The molecule has 1 fully saturated rings. The Morgan fingerprint density at radius 1 is 1.09 bits per heavy atom. The SMILES string of the molecule is CCC(NC(=O)OCC1c2ccccc2-c2ccccc21)C(=O)NC[C@H]1CCO[C@H]1C(=O)O. The molecule has 2 aromatic carbocycles. The third-order valence-corrected chi connectivity index (χ3v) is 6.36. The second kappa shape index (κ2) is 10.0. The van der Waals surface area contributed by atoms with E-state index in [-0.39, 0.29) is 30.9 Å². The van der Waals surface area contributed by atoms with Gasteiger partial charge in [0.15, 0.2) is 6.10 Å². The van der Waals surface area contributed by atoms with Gasteiger partial charge in [0.25, 0.3) is 0 Å². The Balaban J connectivity index is 1.32. The minimum Gasteiger partial charge on any atom is -0.479 e. The highest BCUT2D eigenvalue weighted by molar-refractivity contribution is 5.85. The van der Waals surface area contributed by atoms with Crippen LogP contribution in [0.25, 0.3) is 11.1 Å². The van der Waals surface area contributed by atoms with Crippen LogP contribution in [0.5, 0.6) is 0 Å². The molecule has 0 aromatic heterocycles. The van der Waals surface area contributed by atoms with Crippen LogP contribution in [0.15, 0.2) is 48.5 Å². The van der Waals surface area contributed by atoms with Gasteiger partial charge in [-0.3, -0.25) is 4.79 Å². The maximum atomic E-state index is 12.6. The van der Waals surface area contributed by atoms with Crippen molar-refractivity contribution in [2.75, 3.05) is 19.8 Å². The minimum atomic E-state index is -1.03. The standard InChI is InChI=1S/C25H28N2O6/c1-2-21(23(28)26-13-15-11-12-32-22(15)24(29)30)27-25(31)33-14-20-18-9-5-3-7-16(18)17-8-4-6-10-19(17)20/h3-10,15,20-22H,2,11-14H2,1H3,(H,26,28)(H,27,31)(H,29,30)/t15-,21?,22-/m1/s1. The average Bonchev–Trinajstić information content (AvgIpc) is 3.42. The minimum absolute atomic E-state index is 0.0626. The quantitative estimate of drug-likeness (QED) is 0.568. The fourth-order valence-electron chi connectivity index (χ4n) is 4.61. The number of benzene rings is 2. The van der Waals surface area contributed by atoms with Gasteiger partial charge < -0.3 is 25.2 Å². The molecule has 174 valence electrons. The van der Waals surface area contributed by atoms with Crippen LogP contribution in [0.4, 0.5) is 4.79 Å². The first-order chi connectivity index (χ1) is 16.0. The third kappa shape index (κ3) is 4.85. The van der Waals surface area contributed by atoms with E-state index >= 15 is 0 Å². The molecule has 8 nitrogen and oxygen atoms in total. The Morgan fingerprint density at radius 3 is 2.33 bits per heavy atom. The summed E-state index contributed by atoms with van der Waals surface area (Å²) in [6, 6.07) is 15.4. The van der Waals surface area contributed by atoms with Gasteiger partial charge in [-0.15, -0.1) is 0 Å². The van der Waals surface area contributed by atoms with Crippen molar-refractivity contribution in [2.24, 2.45) is 5.92 Å². The molecule has 2 aromatic rings. The van der Waals surface area contributed by atoms with Crippen LogP contribution >= 0.6 is 0 Å². The number of hydrogen-bond donors (Lipinski definition) is 3. The number of fused-ring (bicyclic) bond motifs is 3. The van der Waals surface area contributed by atoms with E-state index in [4.69, 9.17) is 9.47 Å². The number of carbonyl (C=O) groups is 3. The van der Waals surface area contributed by atoms with Crippen molar-refractivity contribution >= 4 is 18.0 Å². The van der Waals surface area contributed by atoms with Gasteiger partial charge in [-0.2, -0.15) is 0 Å². The van der Waals surface area contributed by atoms with Crippen molar-refractivity contribution in [2.45, 2.75) is 37.8 Å². The Labute approximate surface area is 192 Å². The second-order valence-electron chi connectivity index (χ2n) is 8.35. The Morgan fingerprint density at radius 2 is 1.73 bits per heavy atom. The van der Waals surface area contributed by atoms with Gasteiger partial charge >= 0.3 is 12.1 Å². The number of carbonyl (C=O) groups excluding carboxylic acids is 2. The molecule has 3 atom stereocenters. The van der Waals surface area contributed by atoms with E-state index < -0.39 is 24.2 Å².